The first kappa shape index (κ1) is 14.2. The van der Waals surface area contributed by atoms with Crippen LogP contribution in [0.15, 0.2) is 24.3 Å². The first-order valence-corrected chi connectivity index (χ1v) is 8.16. The summed E-state index contributed by atoms with van der Waals surface area (Å²) in [7, 11) is -0.895. The van der Waals surface area contributed by atoms with Crippen molar-refractivity contribution in [3.63, 3.8) is 0 Å². The molecule has 5 heteroatoms. The summed E-state index contributed by atoms with van der Waals surface area (Å²) in [6, 6.07) is 7.28. The molecule has 2 atom stereocenters. The third-order valence-corrected chi connectivity index (χ3v) is 3.81. The smallest absolute Gasteiger partial charge is 0.251 e. The van der Waals surface area contributed by atoms with E-state index in [-0.39, 0.29) is 12.0 Å². The highest BCUT2D eigenvalue weighted by Gasteiger charge is 2.16. The van der Waals surface area contributed by atoms with Gasteiger partial charge in [0.1, 0.15) is 0 Å². The Morgan fingerprint density at radius 3 is 3.05 bits per heavy atom. The zero-order chi connectivity index (χ0) is 13.7. The third-order valence-electron chi connectivity index (χ3n) is 3.07. The molecule has 0 saturated carbocycles. The minimum atomic E-state index is -0.895. The average Bonchev–Trinajstić information content (AvgIpc) is 2.88. The molecular formula is C14H19NO3S. The van der Waals surface area contributed by atoms with Gasteiger partial charge < -0.3 is 10.1 Å². The normalized spacial score (nSPS) is 20.2. The molecule has 19 heavy (non-hydrogen) atoms. The Kier molecular flexibility index (Phi) is 5.10. The molecule has 0 aromatic heterocycles. The van der Waals surface area contributed by atoms with Crippen molar-refractivity contribution < 1.29 is 13.7 Å². The Bertz CT molecular complexity index is 470. The van der Waals surface area contributed by atoms with Crippen molar-refractivity contribution in [2.45, 2.75) is 24.7 Å². The van der Waals surface area contributed by atoms with Crippen LogP contribution in [-0.4, -0.2) is 35.6 Å². The highest BCUT2D eigenvalue weighted by atomic mass is 32.2. The van der Waals surface area contributed by atoms with Crippen molar-refractivity contribution >= 4 is 16.7 Å². The molecule has 1 aliphatic rings. The standard InChI is InChI=1S/C14H19NO3S/c1-19(17)10-11-4-2-5-12(8-11)14(16)15-9-13-6-3-7-18-13/h2,4-5,8,13H,3,6-7,9-10H2,1H3,(H,15,16). The lowest BCUT2D eigenvalue weighted by molar-refractivity contribution is 0.0857. The summed E-state index contributed by atoms with van der Waals surface area (Å²) in [5.41, 5.74) is 1.53. The van der Waals surface area contributed by atoms with Gasteiger partial charge in [0.25, 0.3) is 5.91 Å². The van der Waals surface area contributed by atoms with Crippen LogP contribution in [0.4, 0.5) is 0 Å². The number of hydrogen-bond acceptors (Lipinski definition) is 3. The highest BCUT2D eigenvalue weighted by molar-refractivity contribution is 7.83. The summed E-state index contributed by atoms with van der Waals surface area (Å²) in [4.78, 5) is 12.0. The Labute approximate surface area is 116 Å². The number of carbonyl (C=O) groups excluding carboxylic acids is 1. The number of rotatable bonds is 5. The van der Waals surface area contributed by atoms with Crippen molar-refractivity contribution in [3.8, 4) is 0 Å². The number of carbonyl (C=O) groups is 1. The van der Waals surface area contributed by atoms with E-state index >= 15 is 0 Å². The predicted molar refractivity (Wildman–Crippen MR) is 75.5 cm³/mol. The number of ether oxygens (including phenoxy) is 1. The van der Waals surface area contributed by atoms with Gasteiger partial charge in [0.2, 0.25) is 0 Å². The summed E-state index contributed by atoms with van der Waals surface area (Å²) < 4.78 is 16.6. The van der Waals surface area contributed by atoms with Crippen molar-refractivity contribution in [1.82, 2.24) is 5.32 Å². The van der Waals surface area contributed by atoms with Crippen LogP contribution in [0.2, 0.25) is 0 Å². The molecule has 0 aliphatic carbocycles. The van der Waals surface area contributed by atoms with Crippen molar-refractivity contribution in [3.05, 3.63) is 35.4 Å². The zero-order valence-electron chi connectivity index (χ0n) is 11.1. The minimum absolute atomic E-state index is 0.0979. The summed E-state index contributed by atoms with van der Waals surface area (Å²) in [6.07, 6.45) is 3.88. The second kappa shape index (κ2) is 6.82. The van der Waals surface area contributed by atoms with E-state index in [1.165, 1.54) is 0 Å². The van der Waals surface area contributed by atoms with E-state index in [2.05, 4.69) is 5.32 Å². The second-order valence-electron chi connectivity index (χ2n) is 4.76. The van der Waals surface area contributed by atoms with Crippen molar-refractivity contribution in [2.75, 3.05) is 19.4 Å². The first-order chi connectivity index (χ1) is 9.15. The number of nitrogens with one attached hydrogen (secondary N) is 1. The van der Waals surface area contributed by atoms with E-state index in [0.29, 0.717) is 17.9 Å². The molecular weight excluding hydrogens is 262 g/mol. The maximum absolute atomic E-state index is 12.0. The van der Waals surface area contributed by atoms with Crippen LogP contribution in [0, 0.1) is 0 Å². The number of hydrogen-bond donors (Lipinski definition) is 1. The molecule has 1 fully saturated rings. The van der Waals surface area contributed by atoms with Gasteiger partial charge in [-0.05, 0) is 30.5 Å². The molecule has 1 aromatic rings. The van der Waals surface area contributed by atoms with Gasteiger partial charge in [-0.2, -0.15) is 0 Å². The van der Waals surface area contributed by atoms with Gasteiger partial charge in [0.05, 0.1) is 6.10 Å². The van der Waals surface area contributed by atoms with Crippen LogP contribution in [0.25, 0.3) is 0 Å². The molecule has 2 rings (SSSR count). The molecule has 0 bridgehead atoms. The van der Waals surface area contributed by atoms with E-state index < -0.39 is 10.8 Å². The molecule has 1 N–H and O–H groups in total. The van der Waals surface area contributed by atoms with E-state index in [0.717, 1.165) is 25.0 Å². The van der Waals surface area contributed by atoms with Gasteiger partial charge in [-0.1, -0.05) is 12.1 Å². The molecule has 1 aromatic carbocycles. The average molecular weight is 281 g/mol. The molecule has 2 unspecified atom stereocenters. The molecule has 1 aliphatic heterocycles. The van der Waals surface area contributed by atoms with E-state index in [1.54, 1.807) is 18.4 Å². The predicted octanol–water partition coefficient (Wildman–Crippen LogP) is 1.47. The monoisotopic (exact) mass is 281 g/mol. The van der Waals surface area contributed by atoms with E-state index in [1.807, 2.05) is 12.1 Å². The van der Waals surface area contributed by atoms with Gasteiger partial charge >= 0.3 is 0 Å². The van der Waals surface area contributed by atoms with E-state index in [4.69, 9.17) is 4.74 Å². The van der Waals surface area contributed by atoms with Crippen LogP contribution in [-0.2, 0) is 21.3 Å². The fourth-order valence-corrected chi connectivity index (χ4v) is 2.80. The first-order valence-electron chi connectivity index (χ1n) is 6.44. The molecule has 104 valence electrons. The van der Waals surface area contributed by atoms with Gasteiger partial charge in [-0.15, -0.1) is 0 Å². The SMILES string of the molecule is CS(=O)Cc1cccc(C(=O)NCC2CCCO2)c1. The van der Waals surface area contributed by atoms with Gasteiger partial charge in [0, 0.05) is 41.5 Å². The molecule has 0 spiro atoms. The van der Waals surface area contributed by atoms with Crippen LogP contribution < -0.4 is 5.32 Å². The summed E-state index contributed by atoms with van der Waals surface area (Å²) in [5, 5.41) is 2.88. The Hall–Kier alpha value is -1.20. The third kappa shape index (κ3) is 4.44. The van der Waals surface area contributed by atoms with Crippen LogP contribution in [0.5, 0.6) is 0 Å². The summed E-state index contributed by atoms with van der Waals surface area (Å²) >= 11 is 0. The topological polar surface area (TPSA) is 55.4 Å². The Morgan fingerprint density at radius 1 is 1.53 bits per heavy atom. The molecule has 1 saturated heterocycles. The molecule has 4 nitrogen and oxygen atoms in total. The van der Waals surface area contributed by atoms with Crippen LogP contribution >= 0.6 is 0 Å². The molecule has 1 amide bonds. The zero-order valence-corrected chi connectivity index (χ0v) is 11.9. The molecule has 1 heterocycles. The van der Waals surface area contributed by atoms with Crippen LogP contribution in [0.3, 0.4) is 0 Å². The maximum Gasteiger partial charge on any atom is 0.251 e. The van der Waals surface area contributed by atoms with Crippen molar-refractivity contribution in [1.29, 1.82) is 0 Å². The molecule has 0 radical (unpaired) electrons. The largest absolute Gasteiger partial charge is 0.376 e. The maximum atomic E-state index is 12.0. The summed E-state index contributed by atoms with van der Waals surface area (Å²) in [5.74, 6) is 0.381. The fourth-order valence-electron chi connectivity index (χ4n) is 2.15. The van der Waals surface area contributed by atoms with Gasteiger partial charge in [-0.3, -0.25) is 9.00 Å². The lowest BCUT2D eigenvalue weighted by Crippen LogP contribution is -2.31. The highest BCUT2D eigenvalue weighted by Crippen LogP contribution is 2.11. The lowest BCUT2D eigenvalue weighted by atomic mass is 10.1. The van der Waals surface area contributed by atoms with Gasteiger partial charge in [-0.25, -0.2) is 0 Å². The van der Waals surface area contributed by atoms with Crippen molar-refractivity contribution in [2.24, 2.45) is 0 Å². The lowest BCUT2D eigenvalue weighted by Gasteiger charge is -2.11. The minimum Gasteiger partial charge on any atom is -0.376 e. The number of amides is 1. The number of benzene rings is 1. The second-order valence-corrected chi connectivity index (χ2v) is 6.20. The summed E-state index contributed by atoms with van der Waals surface area (Å²) in [6.45, 7) is 1.35. The Morgan fingerprint density at radius 2 is 2.37 bits per heavy atom. The van der Waals surface area contributed by atoms with Crippen LogP contribution in [0.1, 0.15) is 28.8 Å². The fraction of sp³-hybridized carbons (Fsp3) is 0.500. The Balaban J connectivity index is 1.92. The van der Waals surface area contributed by atoms with Gasteiger partial charge in [0.15, 0.2) is 0 Å². The quantitative estimate of drug-likeness (QED) is 0.889. The van der Waals surface area contributed by atoms with E-state index in [9.17, 15) is 9.00 Å².